The lowest BCUT2D eigenvalue weighted by Crippen LogP contribution is -2.49. The molecule has 5 rings (SSSR count). The predicted octanol–water partition coefficient (Wildman–Crippen LogP) is 4.75. The Balaban J connectivity index is 1.49. The zero-order valence-electron chi connectivity index (χ0n) is 19.3. The van der Waals surface area contributed by atoms with Crippen molar-refractivity contribution >= 4 is 11.9 Å². The lowest BCUT2D eigenvalue weighted by Gasteiger charge is -2.42. The Morgan fingerprint density at radius 2 is 1.91 bits per heavy atom. The van der Waals surface area contributed by atoms with Crippen LogP contribution in [0.2, 0.25) is 0 Å². The minimum atomic E-state index is -1.50. The maximum Gasteiger partial charge on any atom is 0.211 e. The molecular weight excluding hydrogens is 461 g/mol. The molecule has 3 aromatic rings. The van der Waals surface area contributed by atoms with Crippen LogP contribution in [-0.4, -0.2) is 46.7 Å². The summed E-state index contributed by atoms with van der Waals surface area (Å²) in [6, 6.07) is 7.07. The molecule has 2 atom stereocenters. The fourth-order valence-corrected chi connectivity index (χ4v) is 4.29. The second kappa shape index (κ2) is 9.01. The number of morpholine rings is 1. The summed E-state index contributed by atoms with van der Waals surface area (Å²) in [5.74, 6) is -2.54. The molecule has 1 saturated heterocycles. The number of hydrogen-bond acceptors (Lipinski definition) is 6. The number of methoxy groups -OCH3 is 1. The van der Waals surface area contributed by atoms with Gasteiger partial charge in [0.1, 0.15) is 18.5 Å². The molecule has 7 nitrogen and oxygen atoms in total. The molecule has 0 N–H and O–H groups in total. The van der Waals surface area contributed by atoms with E-state index in [2.05, 4.69) is 10.1 Å². The van der Waals surface area contributed by atoms with E-state index in [4.69, 9.17) is 14.3 Å². The number of benzene rings is 2. The summed E-state index contributed by atoms with van der Waals surface area (Å²) in [6.07, 6.45) is 5.16. The number of imidazole rings is 1. The molecule has 0 bridgehead atoms. The zero-order chi connectivity index (χ0) is 24.7. The van der Waals surface area contributed by atoms with Gasteiger partial charge in [-0.25, -0.2) is 18.2 Å². The highest BCUT2D eigenvalue weighted by Gasteiger charge is 2.37. The maximum absolute atomic E-state index is 13.9. The van der Waals surface area contributed by atoms with Gasteiger partial charge in [-0.3, -0.25) is 0 Å². The number of nitrogens with zero attached hydrogens (tertiary/aromatic N) is 4. The maximum atomic E-state index is 13.9. The lowest BCUT2D eigenvalue weighted by atomic mass is 10.0. The number of hydrogen-bond donors (Lipinski definition) is 0. The molecule has 3 heterocycles. The summed E-state index contributed by atoms with van der Waals surface area (Å²) in [6.45, 7) is 4.26. The second-order valence-corrected chi connectivity index (χ2v) is 8.47. The number of amidine groups is 1. The Hall–Kier alpha value is -3.95. The van der Waals surface area contributed by atoms with Crippen molar-refractivity contribution in [3.8, 4) is 11.4 Å². The van der Waals surface area contributed by atoms with E-state index < -0.39 is 23.5 Å². The topological polar surface area (TPSA) is 61.1 Å². The molecule has 2 aliphatic heterocycles. The Labute approximate surface area is 200 Å². The second-order valence-electron chi connectivity index (χ2n) is 8.47. The molecule has 182 valence electrons. The van der Waals surface area contributed by atoms with Gasteiger partial charge in [0, 0.05) is 6.20 Å². The minimum Gasteiger partial charge on any atom is -0.495 e. The van der Waals surface area contributed by atoms with Gasteiger partial charge < -0.3 is 23.8 Å². The van der Waals surface area contributed by atoms with Crippen LogP contribution in [0.1, 0.15) is 29.8 Å². The van der Waals surface area contributed by atoms with E-state index in [0.717, 1.165) is 29.1 Å². The van der Waals surface area contributed by atoms with E-state index in [1.165, 1.54) is 0 Å². The van der Waals surface area contributed by atoms with Crippen molar-refractivity contribution in [2.45, 2.75) is 26.0 Å². The van der Waals surface area contributed by atoms with Crippen LogP contribution in [0, 0.1) is 24.4 Å². The molecule has 0 radical (unpaired) electrons. The summed E-state index contributed by atoms with van der Waals surface area (Å²) >= 11 is 0. The number of ether oxygens (including phenoxy) is 2. The monoisotopic (exact) mass is 484 g/mol. The van der Waals surface area contributed by atoms with Crippen molar-refractivity contribution in [2.24, 2.45) is 5.16 Å². The number of halogens is 3. The van der Waals surface area contributed by atoms with Crippen LogP contribution in [0.15, 0.2) is 53.8 Å². The molecule has 1 fully saturated rings. The standard InChI is InChI=1S/C25H23F3N4O3/c1-14-10-31(13-29-14)20-5-4-16(6-22(20)33-3)7-23-25-30-34-12-21(32(25)11-15(2)35-23)17-8-18(26)24(28)19(27)9-17/h4-10,13,15,21H,11-12H2,1-3H3/b23-7-. The van der Waals surface area contributed by atoms with Crippen molar-refractivity contribution < 1.29 is 27.5 Å². The first kappa shape index (κ1) is 22.8. The first-order valence-electron chi connectivity index (χ1n) is 11.0. The first-order chi connectivity index (χ1) is 16.8. The van der Waals surface area contributed by atoms with Crippen LogP contribution < -0.4 is 4.74 Å². The zero-order valence-corrected chi connectivity index (χ0v) is 19.3. The average molecular weight is 484 g/mol. The van der Waals surface area contributed by atoms with E-state index in [-0.39, 0.29) is 18.3 Å². The van der Waals surface area contributed by atoms with Crippen LogP contribution in [0.3, 0.4) is 0 Å². The molecule has 2 unspecified atom stereocenters. The van der Waals surface area contributed by atoms with Crippen LogP contribution >= 0.6 is 0 Å². The summed E-state index contributed by atoms with van der Waals surface area (Å²) in [7, 11) is 1.59. The number of aryl methyl sites for hydroxylation is 1. The van der Waals surface area contributed by atoms with E-state index >= 15 is 0 Å². The number of aromatic nitrogens is 2. The van der Waals surface area contributed by atoms with Gasteiger partial charge in [-0.1, -0.05) is 11.2 Å². The van der Waals surface area contributed by atoms with Crippen molar-refractivity contribution in [3.63, 3.8) is 0 Å². The van der Waals surface area contributed by atoms with Crippen LogP contribution in [0.5, 0.6) is 5.75 Å². The van der Waals surface area contributed by atoms with Crippen molar-refractivity contribution in [1.82, 2.24) is 14.5 Å². The lowest BCUT2D eigenvalue weighted by molar-refractivity contribution is 0.0121. The Bertz CT molecular complexity index is 1310. The molecule has 10 heteroatoms. The minimum absolute atomic E-state index is 0.0564. The smallest absolute Gasteiger partial charge is 0.211 e. The molecule has 0 aliphatic carbocycles. The van der Waals surface area contributed by atoms with Gasteiger partial charge in [-0.05, 0) is 55.3 Å². The summed E-state index contributed by atoms with van der Waals surface area (Å²) in [4.78, 5) is 11.5. The highest BCUT2D eigenvalue weighted by atomic mass is 19.2. The third-order valence-corrected chi connectivity index (χ3v) is 5.92. The summed E-state index contributed by atoms with van der Waals surface area (Å²) in [5, 5.41) is 4.16. The fraction of sp³-hybridized carbons (Fsp3) is 0.280. The van der Waals surface area contributed by atoms with Crippen molar-refractivity contribution in [2.75, 3.05) is 20.3 Å². The highest BCUT2D eigenvalue weighted by Crippen LogP contribution is 2.34. The Morgan fingerprint density at radius 3 is 2.60 bits per heavy atom. The molecule has 1 aromatic heterocycles. The fourth-order valence-electron chi connectivity index (χ4n) is 4.29. The third-order valence-electron chi connectivity index (χ3n) is 5.92. The summed E-state index contributed by atoms with van der Waals surface area (Å²) in [5.41, 5.74) is 2.75. The van der Waals surface area contributed by atoms with Gasteiger partial charge in [-0.2, -0.15) is 0 Å². The Kier molecular flexibility index (Phi) is 5.88. The van der Waals surface area contributed by atoms with Crippen LogP contribution in [-0.2, 0) is 9.57 Å². The third kappa shape index (κ3) is 4.31. The molecule has 0 saturated carbocycles. The van der Waals surface area contributed by atoms with Crippen LogP contribution in [0.25, 0.3) is 11.8 Å². The molecule has 35 heavy (non-hydrogen) atoms. The van der Waals surface area contributed by atoms with Gasteiger partial charge >= 0.3 is 0 Å². The van der Waals surface area contributed by atoms with E-state index in [1.807, 2.05) is 47.7 Å². The average Bonchev–Trinajstić information content (AvgIpc) is 3.27. The molecule has 2 aromatic carbocycles. The van der Waals surface area contributed by atoms with Crippen LogP contribution in [0.4, 0.5) is 13.2 Å². The molecule has 0 spiro atoms. The Morgan fingerprint density at radius 1 is 1.14 bits per heavy atom. The molecule has 0 amide bonds. The van der Waals surface area contributed by atoms with Crippen molar-refractivity contribution in [1.29, 1.82) is 0 Å². The predicted molar refractivity (Wildman–Crippen MR) is 123 cm³/mol. The van der Waals surface area contributed by atoms with Gasteiger partial charge in [0.15, 0.2) is 23.2 Å². The largest absolute Gasteiger partial charge is 0.495 e. The van der Waals surface area contributed by atoms with E-state index in [1.54, 1.807) is 19.5 Å². The highest BCUT2D eigenvalue weighted by molar-refractivity contribution is 6.01. The summed E-state index contributed by atoms with van der Waals surface area (Å²) < 4.78 is 54.9. The van der Waals surface area contributed by atoms with Crippen molar-refractivity contribution in [3.05, 3.63) is 82.9 Å². The van der Waals surface area contributed by atoms with E-state index in [0.29, 0.717) is 23.9 Å². The van der Waals surface area contributed by atoms with E-state index in [9.17, 15) is 13.2 Å². The number of rotatable bonds is 4. The number of fused-ring (bicyclic) bond motifs is 1. The molecule has 2 aliphatic rings. The SMILES string of the molecule is COc1cc(/C=C2\OC(C)CN3C2=NOCC3c2cc(F)c(F)c(F)c2)ccc1-n1cnc(C)c1. The first-order valence-corrected chi connectivity index (χ1v) is 11.0. The molecular formula is C25H23F3N4O3. The van der Waals surface area contributed by atoms with Gasteiger partial charge in [0.05, 0.1) is 37.4 Å². The normalized spacial score (nSPS) is 20.7. The van der Waals surface area contributed by atoms with Gasteiger partial charge in [0.2, 0.25) is 5.84 Å². The van der Waals surface area contributed by atoms with Gasteiger partial charge in [0.25, 0.3) is 0 Å². The number of oxime groups is 1. The van der Waals surface area contributed by atoms with Gasteiger partial charge in [-0.15, -0.1) is 0 Å². The quantitative estimate of drug-likeness (QED) is 0.500.